The standard InChI is InChI=1S/C15H23N5S/c1-15(2,3)14-17-8-12(21-14)7-16-6-11-4-5-13-19-18-10-20(13)9-11/h8,10-11,16H,4-7,9H2,1-3H3/t11-/m1/s1. The van der Waals surface area contributed by atoms with E-state index in [9.17, 15) is 0 Å². The Morgan fingerprint density at radius 1 is 1.43 bits per heavy atom. The molecule has 1 N–H and O–H groups in total. The van der Waals surface area contributed by atoms with E-state index in [0.29, 0.717) is 5.92 Å². The maximum Gasteiger partial charge on any atom is 0.132 e. The molecule has 0 bridgehead atoms. The third-order valence-corrected chi connectivity index (χ3v) is 5.28. The van der Waals surface area contributed by atoms with Crippen molar-refractivity contribution in [2.24, 2.45) is 5.92 Å². The Bertz CT molecular complexity index is 595. The monoisotopic (exact) mass is 305 g/mol. The molecule has 0 unspecified atom stereocenters. The molecule has 114 valence electrons. The van der Waals surface area contributed by atoms with Gasteiger partial charge in [0.15, 0.2) is 0 Å². The Hall–Kier alpha value is -1.27. The van der Waals surface area contributed by atoms with Gasteiger partial charge in [-0.3, -0.25) is 0 Å². The molecule has 2 aromatic rings. The molecule has 1 atom stereocenters. The molecular formula is C15H23N5S. The lowest BCUT2D eigenvalue weighted by molar-refractivity contribution is 0.348. The second-order valence-electron chi connectivity index (χ2n) is 6.82. The van der Waals surface area contributed by atoms with E-state index in [0.717, 1.165) is 31.9 Å². The van der Waals surface area contributed by atoms with Gasteiger partial charge in [-0.1, -0.05) is 20.8 Å². The Labute approximate surface area is 129 Å². The molecule has 1 aliphatic heterocycles. The number of nitrogens with zero attached hydrogens (tertiary/aromatic N) is 4. The molecule has 3 heterocycles. The predicted molar refractivity (Wildman–Crippen MR) is 84.4 cm³/mol. The van der Waals surface area contributed by atoms with Crippen LogP contribution in [0.15, 0.2) is 12.5 Å². The Morgan fingerprint density at radius 3 is 3.05 bits per heavy atom. The summed E-state index contributed by atoms with van der Waals surface area (Å²) in [6.45, 7) is 9.62. The number of hydrogen-bond donors (Lipinski definition) is 1. The molecular weight excluding hydrogens is 282 g/mol. The third-order valence-electron chi connectivity index (χ3n) is 3.85. The summed E-state index contributed by atoms with van der Waals surface area (Å²) in [6.07, 6.45) is 6.10. The number of aromatic nitrogens is 4. The smallest absolute Gasteiger partial charge is 0.132 e. The zero-order chi connectivity index (χ0) is 14.9. The van der Waals surface area contributed by atoms with Crippen LogP contribution in [-0.4, -0.2) is 26.3 Å². The average Bonchev–Trinajstić information content (AvgIpc) is 3.05. The normalized spacial score (nSPS) is 18.7. The van der Waals surface area contributed by atoms with Crippen LogP contribution in [0.5, 0.6) is 0 Å². The minimum absolute atomic E-state index is 0.150. The van der Waals surface area contributed by atoms with E-state index in [1.807, 2.05) is 23.9 Å². The van der Waals surface area contributed by atoms with Gasteiger partial charge < -0.3 is 9.88 Å². The highest BCUT2D eigenvalue weighted by Crippen LogP contribution is 2.26. The minimum atomic E-state index is 0.150. The van der Waals surface area contributed by atoms with E-state index in [2.05, 4.69) is 45.8 Å². The lowest BCUT2D eigenvalue weighted by Crippen LogP contribution is -2.29. The van der Waals surface area contributed by atoms with Crippen molar-refractivity contribution >= 4 is 11.3 Å². The molecule has 0 spiro atoms. The highest BCUT2D eigenvalue weighted by Gasteiger charge is 2.20. The summed E-state index contributed by atoms with van der Waals surface area (Å²) >= 11 is 1.82. The summed E-state index contributed by atoms with van der Waals surface area (Å²) in [7, 11) is 0. The first kappa shape index (κ1) is 14.7. The van der Waals surface area contributed by atoms with Crippen LogP contribution in [0.4, 0.5) is 0 Å². The van der Waals surface area contributed by atoms with Crippen LogP contribution in [0.1, 0.15) is 42.9 Å². The molecule has 0 radical (unpaired) electrons. The molecule has 0 aromatic carbocycles. The molecule has 3 rings (SSSR count). The summed E-state index contributed by atoms with van der Waals surface area (Å²) in [4.78, 5) is 5.85. The fraction of sp³-hybridized carbons (Fsp3) is 0.667. The number of nitrogens with one attached hydrogen (secondary N) is 1. The highest BCUT2D eigenvalue weighted by atomic mass is 32.1. The predicted octanol–water partition coefficient (Wildman–Crippen LogP) is 2.38. The van der Waals surface area contributed by atoms with Crippen LogP contribution in [0, 0.1) is 5.92 Å². The van der Waals surface area contributed by atoms with E-state index < -0.39 is 0 Å². The number of thiazole rings is 1. The Kier molecular flexibility index (Phi) is 4.08. The van der Waals surface area contributed by atoms with Gasteiger partial charge in [0.1, 0.15) is 12.2 Å². The minimum Gasteiger partial charge on any atom is -0.317 e. The van der Waals surface area contributed by atoms with Gasteiger partial charge in [0.25, 0.3) is 0 Å². The van der Waals surface area contributed by atoms with E-state index in [-0.39, 0.29) is 5.41 Å². The van der Waals surface area contributed by atoms with Gasteiger partial charge in [-0.25, -0.2) is 4.98 Å². The van der Waals surface area contributed by atoms with Gasteiger partial charge in [-0.2, -0.15) is 0 Å². The van der Waals surface area contributed by atoms with E-state index >= 15 is 0 Å². The van der Waals surface area contributed by atoms with Gasteiger partial charge >= 0.3 is 0 Å². The molecule has 0 amide bonds. The van der Waals surface area contributed by atoms with Gasteiger partial charge in [0, 0.05) is 42.5 Å². The molecule has 2 aromatic heterocycles. The van der Waals surface area contributed by atoms with Crippen LogP contribution in [-0.2, 0) is 24.9 Å². The molecule has 0 aliphatic carbocycles. The zero-order valence-electron chi connectivity index (χ0n) is 13.0. The molecule has 0 saturated heterocycles. The summed E-state index contributed by atoms with van der Waals surface area (Å²) in [5, 5.41) is 12.9. The van der Waals surface area contributed by atoms with Gasteiger partial charge in [0.2, 0.25) is 0 Å². The maximum atomic E-state index is 4.53. The van der Waals surface area contributed by atoms with Crippen LogP contribution < -0.4 is 5.32 Å². The van der Waals surface area contributed by atoms with Gasteiger partial charge in [0.05, 0.1) is 5.01 Å². The molecule has 0 fully saturated rings. The van der Waals surface area contributed by atoms with Crippen molar-refractivity contribution in [3.05, 3.63) is 28.2 Å². The van der Waals surface area contributed by atoms with Crippen LogP contribution in [0.3, 0.4) is 0 Å². The molecule has 21 heavy (non-hydrogen) atoms. The van der Waals surface area contributed by atoms with Gasteiger partial charge in [-0.15, -0.1) is 21.5 Å². The van der Waals surface area contributed by atoms with Crippen molar-refractivity contribution in [3.63, 3.8) is 0 Å². The van der Waals surface area contributed by atoms with Crippen molar-refractivity contribution < 1.29 is 0 Å². The lowest BCUT2D eigenvalue weighted by Gasteiger charge is -2.23. The van der Waals surface area contributed by atoms with Crippen LogP contribution in [0.2, 0.25) is 0 Å². The molecule has 1 aliphatic rings. The topological polar surface area (TPSA) is 55.6 Å². The van der Waals surface area contributed by atoms with Crippen molar-refractivity contribution in [1.82, 2.24) is 25.1 Å². The number of fused-ring (bicyclic) bond motifs is 1. The first-order valence-corrected chi connectivity index (χ1v) is 8.36. The summed E-state index contributed by atoms with van der Waals surface area (Å²) in [5.74, 6) is 1.80. The van der Waals surface area contributed by atoms with Crippen LogP contribution in [0.25, 0.3) is 0 Å². The molecule has 5 nitrogen and oxygen atoms in total. The first-order chi connectivity index (χ1) is 10.0. The Balaban J connectivity index is 1.48. The first-order valence-electron chi connectivity index (χ1n) is 7.55. The summed E-state index contributed by atoms with van der Waals surface area (Å²) in [6, 6.07) is 0. The molecule has 0 saturated carbocycles. The fourth-order valence-corrected chi connectivity index (χ4v) is 3.57. The quantitative estimate of drug-likeness (QED) is 0.942. The summed E-state index contributed by atoms with van der Waals surface area (Å²) in [5.41, 5.74) is 0.150. The fourth-order valence-electron chi connectivity index (χ4n) is 2.63. The van der Waals surface area contributed by atoms with Crippen molar-refractivity contribution in [2.75, 3.05) is 6.54 Å². The van der Waals surface area contributed by atoms with Gasteiger partial charge in [-0.05, 0) is 12.3 Å². The number of hydrogen-bond acceptors (Lipinski definition) is 5. The van der Waals surface area contributed by atoms with Crippen LogP contribution >= 0.6 is 11.3 Å². The summed E-state index contributed by atoms with van der Waals surface area (Å²) < 4.78 is 2.18. The SMILES string of the molecule is CC(C)(C)c1ncc(CNC[C@H]2CCc3nncn3C2)s1. The van der Waals surface area contributed by atoms with E-state index in [1.54, 1.807) is 0 Å². The average molecular weight is 305 g/mol. The second-order valence-corrected chi connectivity index (χ2v) is 7.93. The number of aryl methyl sites for hydroxylation is 1. The van der Waals surface area contributed by atoms with E-state index in [4.69, 9.17) is 0 Å². The number of rotatable bonds is 4. The highest BCUT2D eigenvalue weighted by molar-refractivity contribution is 7.11. The molecule has 6 heteroatoms. The third kappa shape index (κ3) is 3.49. The lowest BCUT2D eigenvalue weighted by atomic mass is 9.98. The maximum absolute atomic E-state index is 4.53. The van der Waals surface area contributed by atoms with Crippen molar-refractivity contribution in [3.8, 4) is 0 Å². The Morgan fingerprint density at radius 2 is 2.29 bits per heavy atom. The van der Waals surface area contributed by atoms with Crippen molar-refractivity contribution in [2.45, 2.75) is 52.1 Å². The zero-order valence-corrected chi connectivity index (χ0v) is 13.8. The van der Waals surface area contributed by atoms with E-state index in [1.165, 1.54) is 16.3 Å². The second kappa shape index (κ2) is 5.85. The largest absolute Gasteiger partial charge is 0.317 e. The van der Waals surface area contributed by atoms with Crippen molar-refractivity contribution in [1.29, 1.82) is 0 Å².